The monoisotopic (exact) mass is 344 g/mol. The summed E-state index contributed by atoms with van der Waals surface area (Å²) in [5.41, 5.74) is 5.46. The molecule has 1 aliphatic carbocycles. The number of carbonyl (C=O) groups is 1. The molecule has 0 saturated heterocycles. The molecule has 0 atom stereocenters. The molecule has 0 unspecified atom stereocenters. The van der Waals surface area contributed by atoms with Crippen LogP contribution in [0.4, 0.5) is 0 Å². The lowest BCUT2D eigenvalue weighted by Gasteiger charge is -2.19. The van der Waals surface area contributed by atoms with Crippen LogP contribution in [0.5, 0.6) is 5.75 Å². The SMILES string of the molecule is COc1ccc2c(c1C)CCc1ccc(Br)cc1CC2=O. The maximum Gasteiger partial charge on any atom is 0.167 e. The Balaban J connectivity index is 2.09. The second-order valence-corrected chi connectivity index (χ2v) is 6.35. The number of hydrogen-bond acceptors (Lipinski definition) is 2. The number of benzene rings is 2. The van der Waals surface area contributed by atoms with Gasteiger partial charge in [-0.3, -0.25) is 4.79 Å². The van der Waals surface area contributed by atoms with Gasteiger partial charge in [0.2, 0.25) is 0 Å². The number of aryl methyl sites for hydroxylation is 1. The van der Waals surface area contributed by atoms with Gasteiger partial charge in [-0.2, -0.15) is 0 Å². The molecule has 0 aromatic heterocycles. The van der Waals surface area contributed by atoms with Gasteiger partial charge in [-0.15, -0.1) is 0 Å². The van der Waals surface area contributed by atoms with Crippen molar-refractivity contribution in [1.82, 2.24) is 0 Å². The minimum atomic E-state index is 0.190. The van der Waals surface area contributed by atoms with Crippen molar-refractivity contribution >= 4 is 21.7 Å². The van der Waals surface area contributed by atoms with Crippen molar-refractivity contribution < 1.29 is 9.53 Å². The fourth-order valence-electron chi connectivity index (χ4n) is 3.07. The summed E-state index contributed by atoms with van der Waals surface area (Å²) in [5, 5.41) is 0. The topological polar surface area (TPSA) is 26.3 Å². The van der Waals surface area contributed by atoms with Crippen LogP contribution in [0.25, 0.3) is 0 Å². The highest BCUT2D eigenvalue weighted by atomic mass is 79.9. The average molecular weight is 345 g/mol. The molecule has 3 heteroatoms. The van der Waals surface area contributed by atoms with Crippen LogP contribution < -0.4 is 4.74 Å². The third-order valence-corrected chi connectivity index (χ3v) is 4.73. The summed E-state index contributed by atoms with van der Waals surface area (Å²) in [6.07, 6.45) is 2.29. The van der Waals surface area contributed by atoms with Gasteiger partial charge in [0.25, 0.3) is 0 Å². The molecular formula is C18H17BrO2. The molecule has 2 aromatic carbocycles. The Morgan fingerprint density at radius 3 is 2.67 bits per heavy atom. The predicted molar refractivity (Wildman–Crippen MR) is 87.3 cm³/mol. The minimum Gasteiger partial charge on any atom is -0.496 e. The molecule has 21 heavy (non-hydrogen) atoms. The zero-order chi connectivity index (χ0) is 15.0. The van der Waals surface area contributed by atoms with E-state index in [-0.39, 0.29) is 5.78 Å². The molecule has 2 nitrogen and oxygen atoms in total. The fourth-order valence-corrected chi connectivity index (χ4v) is 3.48. The first-order valence-corrected chi connectivity index (χ1v) is 7.86. The molecule has 0 amide bonds. The fraction of sp³-hybridized carbons (Fsp3) is 0.278. The number of fused-ring (bicyclic) bond motifs is 2. The average Bonchev–Trinajstić information content (AvgIpc) is 2.45. The van der Waals surface area contributed by atoms with E-state index in [1.165, 1.54) is 5.56 Å². The van der Waals surface area contributed by atoms with Gasteiger partial charge in [0, 0.05) is 16.5 Å². The van der Waals surface area contributed by atoms with Gasteiger partial charge in [-0.1, -0.05) is 22.0 Å². The highest BCUT2D eigenvalue weighted by Crippen LogP contribution is 2.30. The summed E-state index contributed by atoms with van der Waals surface area (Å²) in [6.45, 7) is 2.04. The Kier molecular flexibility index (Phi) is 3.85. The quantitative estimate of drug-likeness (QED) is 0.771. The van der Waals surface area contributed by atoms with E-state index in [1.807, 2.05) is 25.1 Å². The molecule has 2 aromatic rings. The van der Waals surface area contributed by atoms with Gasteiger partial charge >= 0.3 is 0 Å². The molecule has 0 radical (unpaired) electrons. The number of halogens is 1. The van der Waals surface area contributed by atoms with E-state index in [2.05, 4.69) is 28.1 Å². The van der Waals surface area contributed by atoms with Gasteiger partial charge < -0.3 is 4.74 Å². The lowest BCUT2D eigenvalue weighted by atomic mass is 9.86. The van der Waals surface area contributed by atoms with Crippen LogP contribution in [0.2, 0.25) is 0 Å². The largest absolute Gasteiger partial charge is 0.496 e. The molecule has 0 N–H and O–H groups in total. The molecular weight excluding hydrogens is 328 g/mol. The number of carbonyl (C=O) groups excluding carboxylic acids is 1. The van der Waals surface area contributed by atoms with Crippen molar-refractivity contribution in [2.24, 2.45) is 0 Å². The van der Waals surface area contributed by atoms with Crippen LogP contribution in [0.3, 0.4) is 0 Å². The lowest BCUT2D eigenvalue weighted by Crippen LogP contribution is -2.15. The summed E-state index contributed by atoms with van der Waals surface area (Å²) in [4.78, 5) is 12.6. The third-order valence-electron chi connectivity index (χ3n) is 4.23. The summed E-state index contributed by atoms with van der Waals surface area (Å²) in [5.74, 6) is 1.05. The summed E-state index contributed by atoms with van der Waals surface area (Å²) < 4.78 is 6.41. The maximum atomic E-state index is 12.6. The third kappa shape index (κ3) is 2.62. The highest BCUT2D eigenvalue weighted by Gasteiger charge is 2.20. The molecule has 0 fully saturated rings. The van der Waals surface area contributed by atoms with Gasteiger partial charge in [-0.05, 0) is 66.3 Å². The zero-order valence-electron chi connectivity index (χ0n) is 12.2. The van der Waals surface area contributed by atoms with Crippen LogP contribution in [0.15, 0.2) is 34.8 Å². The van der Waals surface area contributed by atoms with E-state index in [4.69, 9.17) is 4.74 Å². The number of hydrogen-bond donors (Lipinski definition) is 0. The van der Waals surface area contributed by atoms with Crippen molar-refractivity contribution in [2.75, 3.05) is 7.11 Å². The number of rotatable bonds is 1. The van der Waals surface area contributed by atoms with Crippen molar-refractivity contribution in [1.29, 1.82) is 0 Å². The Morgan fingerprint density at radius 2 is 1.90 bits per heavy atom. The second-order valence-electron chi connectivity index (χ2n) is 5.43. The Morgan fingerprint density at radius 1 is 1.10 bits per heavy atom. The summed E-state index contributed by atoms with van der Waals surface area (Å²) in [7, 11) is 1.67. The maximum absolute atomic E-state index is 12.6. The number of Topliss-reactive ketones (excluding diaryl/α,β-unsaturated/α-hetero) is 1. The van der Waals surface area contributed by atoms with E-state index in [0.717, 1.165) is 45.3 Å². The molecule has 0 spiro atoms. The molecule has 0 aliphatic heterocycles. The van der Waals surface area contributed by atoms with Crippen LogP contribution >= 0.6 is 15.9 Å². The van der Waals surface area contributed by atoms with Crippen LogP contribution in [-0.2, 0) is 19.3 Å². The van der Waals surface area contributed by atoms with Gasteiger partial charge in [0.1, 0.15) is 5.75 Å². The predicted octanol–water partition coefficient (Wildman–Crippen LogP) is 4.29. The van der Waals surface area contributed by atoms with Gasteiger partial charge in [0.05, 0.1) is 7.11 Å². The summed E-state index contributed by atoms with van der Waals surface area (Å²) in [6, 6.07) is 10.0. The standard InChI is InChI=1S/C18H17BrO2/c1-11-15-6-4-12-3-5-14(19)9-13(12)10-17(20)16(15)7-8-18(11)21-2/h3,5,7-9H,4,6,10H2,1-2H3. The first-order valence-electron chi connectivity index (χ1n) is 7.07. The normalized spacial score (nSPS) is 14.0. The van der Waals surface area contributed by atoms with E-state index in [0.29, 0.717) is 6.42 Å². The first-order chi connectivity index (χ1) is 10.1. The lowest BCUT2D eigenvalue weighted by molar-refractivity contribution is 0.0991. The Bertz CT molecular complexity index is 719. The van der Waals surface area contributed by atoms with Gasteiger partial charge in [-0.25, -0.2) is 0 Å². The smallest absolute Gasteiger partial charge is 0.167 e. The molecule has 0 heterocycles. The Hall–Kier alpha value is -1.61. The number of methoxy groups -OCH3 is 1. The molecule has 3 rings (SSSR count). The van der Waals surface area contributed by atoms with Crippen molar-refractivity contribution in [3.8, 4) is 5.75 Å². The van der Waals surface area contributed by atoms with E-state index >= 15 is 0 Å². The highest BCUT2D eigenvalue weighted by molar-refractivity contribution is 9.10. The number of ether oxygens (including phenoxy) is 1. The zero-order valence-corrected chi connectivity index (χ0v) is 13.8. The van der Waals surface area contributed by atoms with E-state index in [9.17, 15) is 4.79 Å². The van der Waals surface area contributed by atoms with E-state index < -0.39 is 0 Å². The van der Waals surface area contributed by atoms with Gasteiger partial charge in [0.15, 0.2) is 5.78 Å². The van der Waals surface area contributed by atoms with Crippen LogP contribution in [-0.4, -0.2) is 12.9 Å². The van der Waals surface area contributed by atoms with Crippen molar-refractivity contribution in [2.45, 2.75) is 26.2 Å². The molecule has 1 aliphatic rings. The minimum absolute atomic E-state index is 0.190. The molecule has 0 bridgehead atoms. The molecule has 108 valence electrons. The van der Waals surface area contributed by atoms with Crippen molar-refractivity contribution in [3.63, 3.8) is 0 Å². The van der Waals surface area contributed by atoms with Crippen LogP contribution in [0, 0.1) is 6.92 Å². The van der Waals surface area contributed by atoms with E-state index in [1.54, 1.807) is 7.11 Å². The second kappa shape index (κ2) is 5.64. The first kappa shape index (κ1) is 14.3. The number of ketones is 1. The van der Waals surface area contributed by atoms with Crippen LogP contribution in [0.1, 0.15) is 32.6 Å². The van der Waals surface area contributed by atoms with Crippen molar-refractivity contribution in [3.05, 3.63) is 62.6 Å². The molecule has 0 saturated carbocycles. The Labute approximate surface area is 133 Å². The summed E-state index contributed by atoms with van der Waals surface area (Å²) >= 11 is 3.49.